The third-order valence-corrected chi connectivity index (χ3v) is 4.09. The molecule has 1 N–H and O–H groups in total. The first kappa shape index (κ1) is 11.7. The summed E-state index contributed by atoms with van der Waals surface area (Å²) < 4.78 is 16.2. The number of rotatable bonds is 2. The topological polar surface area (TPSA) is 32.3 Å². The second-order valence-corrected chi connectivity index (χ2v) is 6.01. The van der Waals surface area contributed by atoms with E-state index >= 15 is 0 Å². The van der Waals surface area contributed by atoms with Crippen LogP contribution in [-0.2, 0) is 4.79 Å². The molecular formula is C16H26N2O. The quantitative estimate of drug-likeness (QED) is 0.777. The predicted octanol–water partition coefficient (Wildman–Crippen LogP) is 2.50. The highest BCUT2D eigenvalue weighted by Gasteiger charge is 2.26. The van der Waals surface area contributed by atoms with Gasteiger partial charge in [0.25, 0.3) is 0 Å². The molecule has 3 nitrogen and oxygen atoms in total. The van der Waals surface area contributed by atoms with Crippen LogP contribution in [0.4, 0.5) is 0 Å². The van der Waals surface area contributed by atoms with Crippen LogP contribution in [0, 0.1) is 5.41 Å². The summed E-state index contributed by atoms with van der Waals surface area (Å²) in [6.07, 6.45) is 3.56. The summed E-state index contributed by atoms with van der Waals surface area (Å²) in [6.45, 7) is 9.28. The van der Waals surface area contributed by atoms with Gasteiger partial charge in [-0.3, -0.25) is 4.79 Å². The molecular weight excluding hydrogens is 236 g/mol. The van der Waals surface area contributed by atoms with E-state index in [2.05, 4.69) is 19.2 Å². The van der Waals surface area contributed by atoms with Gasteiger partial charge in [-0.2, -0.15) is 0 Å². The van der Waals surface area contributed by atoms with Crippen molar-refractivity contribution in [3.05, 3.63) is 23.3 Å². The van der Waals surface area contributed by atoms with Crippen molar-refractivity contribution in [3.63, 3.8) is 0 Å². The zero-order chi connectivity index (χ0) is 15.7. The van der Waals surface area contributed by atoms with Crippen LogP contribution in [0.1, 0.15) is 42.7 Å². The fourth-order valence-corrected chi connectivity index (χ4v) is 2.80. The smallest absolute Gasteiger partial charge is 0.246 e. The highest BCUT2D eigenvalue weighted by atomic mass is 16.2. The average Bonchev–Trinajstić information content (AvgIpc) is 2.44. The van der Waals surface area contributed by atoms with Crippen LogP contribution in [0.2, 0.25) is 0 Å². The molecule has 3 heteroatoms. The van der Waals surface area contributed by atoms with Gasteiger partial charge in [-0.05, 0) is 37.1 Å². The first-order valence-electron chi connectivity index (χ1n) is 8.14. The number of nitrogens with one attached hydrogen (secondary N) is 1. The van der Waals surface area contributed by atoms with E-state index in [0.717, 1.165) is 43.7 Å². The minimum Gasteiger partial charge on any atom is -0.337 e. The fourth-order valence-electron chi connectivity index (χ4n) is 2.80. The van der Waals surface area contributed by atoms with E-state index in [-0.39, 0.29) is 11.3 Å². The first-order chi connectivity index (χ1) is 9.74. The Bertz CT molecular complexity index is 475. The summed E-state index contributed by atoms with van der Waals surface area (Å²) in [7, 11) is 0. The number of carbonyl (C=O) groups excluding carboxylic acids is 1. The van der Waals surface area contributed by atoms with Crippen molar-refractivity contribution in [2.45, 2.75) is 40.0 Å². The van der Waals surface area contributed by atoms with E-state index in [4.69, 9.17) is 2.74 Å². The Balaban J connectivity index is 2.18. The van der Waals surface area contributed by atoms with E-state index in [0.29, 0.717) is 6.42 Å². The molecule has 0 spiro atoms. The molecule has 1 aliphatic carbocycles. The molecule has 0 bridgehead atoms. The van der Waals surface area contributed by atoms with Gasteiger partial charge >= 0.3 is 0 Å². The molecule has 0 aromatic rings. The van der Waals surface area contributed by atoms with Crippen LogP contribution in [0.25, 0.3) is 0 Å². The molecule has 2 aliphatic rings. The first-order valence-corrected chi connectivity index (χ1v) is 7.14. The van der Waals surface area contributed by atoms with Crippen molar-refractivity contribution in [1.29, 1.82) is 0 Å². The van der Waals surface area contributed by atoms with Crippen molar-refractivity contribution in [2.24, 2.45) is 5.41 Å². The summed E-state index contributed by atoms with van der Waals surface area (Å²) in [4.78, 5) is 14.1. The minimum absolute atomic E-state index is 0.0266. The Morgan fingerprint density at radius 2 is 2.11 bits per heavy atom. The number of allylic oxidation sites excluding steroid dienone is 3. The number of nitrogens with zero attached hydrogens (tertiary/aromatic N) is 1. The maximum atomic E-state index is 12.2. The maximum Gasteiger partial charge on any atom is 0.246 e. The van der Waals surface area contributed by atoms with Crippen LogP contribution in [0.15, 0.2) is 23.3 Å². The van der Waals surface area contributed by atoms with Gasteiger partial charge in [-0.1, -0.05) is 25.5 Å². The van der Waals surface area contributed by atoms with Gasteiger partial charge in [0.1, 0.15) is 0 Å². The van der Waals surface area contributed by atoms with Gasteiger partial charge in [-0.25, -0.2) is 0 Å². The van der Waals surface area contributed by atoms with Crippen molar-refractivity contribution in [2.75, 3.05) is 26.2 Å². The highest BCUT2D eigenvalue weighted by Crippen LogP contribution is 2.40. The molecule has 19 heavy (non-hydrogen) atoms. The fraction of sp³-hybridized carbons (Fsp3) is 0.688. The average molecular weight is 264 g/mol. The normalized spacial score (nSPS) is 28.3. The van der Waals surface area contributed by atoms with Gasteiger partial charge in [0.2, 0.25) is 5.91 Å². The van der Waals surface area contributed by atoms with Crippen LogP contribution < -0.4 is 5.32 Å². The molecule has 0 radical (unpaired) electrons. The summed E-state index contributed by atoms with van der Waals surface area (Å²) in [6, 6.07) is 0. The predicted molar refractivity (Wildman–Crippen MR) is 78.9 cm³/mol. The number of carbonyl (C=O) groups is 1. The zero-order valence-corrected chi connectivity index (χ0v) is 12.3. The van der Waals surface area contributed by atoms with Crippen molar-refractivity contribution < 1.29 is 7.54 Å². The maximum absolute atomic E-state index is 12.2. The molecule has 0 unspecified atom stereocenters. The van der Waals surface area contributed by atoms with E-state index in [1.54, 1.807) is 6.08 Å². The van der Waals surface area contributed by atoms with Crippen LogP contribution >= 0.6 is 0 Å². The van der Waals surface area contributed by atoms with Crippen LogP contribution in [0.5, 0.6) is 0 Å². The molecule has 1 saturated heterocycles. The highest BCUT2D eigenvalue weighted by molar-refractivity contribution is 5.88. The number of hydrogen-bond donors (Lipinski definition) is 1. The van der Waals surface area contributed by atoms with Crippen LogP contribution in [0.3, 0.4) is 0 Å². The van der Waals surface area contributed by atoms with Crippen LogP contribution in [-0.4, -0.2) is 37.0 Å². The Morgan fingerprint density at radius 3 is 2.79 bits per heavy atom. The summed E-state index contributed by atoms with van der Waals surface area (Å²) >= 11 is 0. The molecule has 0 atom stereocenters. The molecule has 1 heterocycles. The SMILES string of the molecule is [2H]C1([2H])CCC(C)(C)C(/C=C/C(=O)N2CCNCC2)=C1C. The summed E-state index contributed by atoms with van der Waals surface area (Å²) in [5.41, 5.74) is 1.67. The molecule has 2 rings (SSSR count). The second-order valence-electron chi connectivity index (χ2n) is 6.01. The lowest BCUT2D eigenvalue weighted by Crippen LogP contribution is -2.45. The van der Waals surface area contributed by atoms with Gasteiger partial charge in [-0.15, -0.1) is 0 Å². The largest absolute Gasteiger partial charge is 0.337 e. The van der Waals surface area contributed by atoms with E-state index < -0.39 is 6.37 Å². The lowest BCUT2D eigenvalue weighted by Gasteiger charge is -2.33. The molecule has 106 valence electrons. The Labute approximate surface area is 119 Å². The zero-order valence-electron chi connectivity index (χ0n) is 14.3. The minimum atomic E-state index is -1.26. The molecule has 0 saturated carbocycles. The Hall–Kier alpha value is -1.09. The molecule has 0 aromatic heterocycles. The second kappa shape index (κ2) is 5.91. The number of piperazine rings is 1. The third-order valence-electron chi connectivity index (χ3n) is 4.09. The van der Waals surface area contributed by atoms with E-state index in [9.17, 15) is 4.79 Å². The third kappa shape index (κ3) is 3.47. The Morgan fingerprint density at radius 1 is 1.42 bits per heavy atom. The van der Waals surface area contributed by atoms with Gasteiger partial charge in [0.05, 0.1) is 0 Å². The van der Waals surface area contributed by atoms with Crippen molar-refractivity contribution in [3.8, 4) is 0 Å². The number of amides is 1. The van der Waals surface area contributed by atoms with Gasteiger partial charge in [0.15, 0.2) is 0 Å². The van der Waals surface area contributed by atoms with E-state index in [1.807, 2.05) is 17.9 Å². The van der Waals surface area contributed by atoms with Gasteiger partial charge < -0.3 is 10.2 Å². The Kier molecular flexibility index (Phi) is 3.64. The van der Waals surface area contributed by atoms with Gasteiger partial charge in [0, 0.05) is 35.0 Å². The summed E-state index contributed by atoms with van der Waals surface area (Å²) in [5.74, 6) is 0.0266. The number of hydrogen-bond acceptors (Lipinski definition) is 2. The van der Waals surface area contributed by atoms with E-state index in [1.165, 1.54) is 0 Å². The lowest BCUT2D eigenvalue weighted by atomic mass is 9.72. The monoisotopic (exact) mass is 264 g/mol. The van der Waals surface area contributed by atoms with Crippen molar-refractivity contribution in [1.82, 2.24) is 10.2 Å². The van der Waals surface area contributed by atoms with Crippen molar-refractivity contribution >= 4 is 5.91 Å². The molecule has 1 amide bonds. The lowest BCUT2D eigenvalue weighted by molar-refractivity contribution is -0.126. The molecule has 0 aromatic carbocycles. The molecule has 1 fully saturated rings. The standard InChI is InChI=1S/C16H26N2O/c1-13-5-4-8-16(2,3)14(13)6-7-15(19)18-11-9-17-10-12-18/h6-7,17H,4-5,8-12H2,1-3H3/b7-6+/i5D2. The molecule has 1 aliphatic heterocycles. The summed E-state index contributed by atoms with van der Waals surface area (Å²) in [5, 5.41) is 3.23.